The van der Waals surface area contributed by atoms with E-state index in [4.69, 9.17) is 5.73 Å². The molecular formula is C10H20N4O2S. The first kappa shape index (κ1) is 14.0. The lowest BCUT2D eigenvalue weighted by Crippen LogP contribution is -2.20. The zero-order valence-electron chi connectivity index (χ0n) is 10.5. The van der Waals surface area contributed by atoms with E-state index in [0.29, 0.717) is 23.7 Å². The van der Waals surface area contributed by atoms with Gasteiger partial charge in [-0.05, 0) is 12.3 Å². The number of sulfonamides is 1. The molecule has 7 heteroatoms. The highest BCUT2D eigenvalue weighted by atomic mass is 32.2. The highest BCUT2D eigenvalue weighted by Crippen LogP contribution is 2.15. The highest BCUT2D eigenvalue weighted by molar-refractivity contribution is 7.92. The number of nitrogens with zero attached hydrogens (tertiary/aromatic N) is 2. The Morgan fingerprint density at radius 3 is 2.71 bits per heavy atom. The molecule has 0 spiro atoms. The Labute approximate surface area is 102 Å². The molecule has 3 N–H and O–H groups in total. The van der Waals surface area contributed by atoms with Crippen LogP contribution in [0, 0.1) is 5.92 Å². The largest absolute Gasteiger partial charge is 0.326 e. The summed E-state index contributed by atoms with van der Waals surface area (Å²) in [7, 11) is -1.64. The zero-order chi connectivity index (χ0) is 13.1. The molecule has 0 aliphatic rings. The Hall–Kier alpha value is -1.08. The molecule has 0 atom stereocenters. The molecule has 0 aromatic carbocycles. The lowest BCUT2D eigenvalue weighted by molar-refractivity contribution is 0.577. The summed E-state index contributed by atoms with van der Waals surface area (Å²) < 4.78 is 27.7. The van der Waals surface area contributed by atoms with Crippen molar-refractivity contribution in [1.29, 1.82) is 0 Å². The number of hydrogen-bond acceptors (Lipinski definition) is 4. The average molecular weight is 260 g/mol. The maximum atomic E-state index is 11.8. The topological polar surface area (TPSA) is 90.0 Å². The molecule has 0 aliphatic heterocycles. The molecular weight excluding hydrogens is 240 g/mol. The van der Waals surface area contributed by atoms with E-state index in [1.807, 2.05) is 13.8 Å². The highest BCUT2D eigenvalue weighted by Gasteiger charge is 2.16. The van der Waals surface area contributed by atoms with E-state index in [1.165, 1.54) is 4.68 Å². The van der Waals surface area contributed by atoms with Crippen LogP contribution in [0.25, 0.3) is 0 Å². The third-order valence-corrected chi connectivity index (χ3v) is 3.73. The van der Waals surface area contributed by atoms with E-state index < -0.39 is 10.0 Å². The SMILES string of the molecule is CC(C)CCS(=O)(=O)Nc1c(CN)cnn1C. The van der Waals surface area contributed by atoms with Crippen molar-refractivity contribution < 1.29 is 8.42 Å². The Kier molecular flexibility index (Phi) is 4.53. The van der Waals surface area contributed by atoms with Crippen LogP contribution in [-0.4, -0.2) is 24.0 Å². The summed E-state index contributed by atoms with van der Waals surface area (Å²) in [6, 6.07) is 0. The van der Waals surface area contributed by atoms with Crippen LogP contribution in [0.1, 0.15) is 25.8 Å². The first-order valence-electron chi connectivity index (χ1n) is 5.57. The van der Waals surface area contributed by atoms with Crippen LogP contribution in [0.3, 0.4) is 0 Å². The van der Waals surface area contributed by atoms with Gasteiger partial charge >= 0.3 is 0 Å². The van der Waals surface area contributed by atoms with Gasteiger partial charge in [-0.25, -0.2) is 8.42 Å². The van der Waals surface area contributed by atoms with Crippen molar-refractivity contribution in [2.24, 2.45) is 18.7 Å². The van der Waals surface area contributed by atoms with Gasteiger partial charge in [-0.15, -0.1) is 0 Å². The van der Waals surface area contributed by atoms with Gasteiger partial charge in [0, 0.05) is 19.2 Å². The van der Waals surface area contributed by atoms with Crippen LogP contribution >= 0.6 is 0 Å². The molecule has 0 amide bonds. The fraction of sp³-hybridized carbons (Fsp3) is 0.700. The second-order valence-corrected chi connectivity index (χ2v) is 6.29. The maximum Gasteiger partial charge on any atom is 0.233 e. The quantitative estimate of drug-likeness (QED) is 0.786. The van der Waals surface area contributed by atoms with Crippen molar-refractivity contribution in [3.05, 3.63) is 11.8 Å². The molecule has 1 heterocycles. The molecule has 1 aromatic rings. The molecule has 1 aromatic heterocycles. The lowest BCUT2D eigenvalue weighted by Gasteiger charge is -2.10. The standard InChI is InChI=1S/C10H20N4O2S/c1-8(2)4-5-17(15,16)13-10-9(6-11)7-12-14(10)3/h7-8,13H,4-6,11H2,1-3H3. The van der Waals surface area contributed by atoms with Gasteiger partial charge < -0.3 is 5.73 Å². The predicted molar refractivity (Wildman–Crippen MR) is 68.0 cm³/mol. The Bertz CT molecular complexity index is 465. The molecule has 98 valence electrons. The molecule has 17 heavy (non-hydrogen) atoms. The van der Waals surface area contributed by atoms with Crippen LogP contribution < -0.4 is 10.5 Å². The van der Waals surface area contributed by atoms with Crippen molar-refractivity contribution >= 4 is 15.8 Å². The van der Waals surface area contributed by atoms with Gasteiger partial charge in [0.25, 0.3) is 0 Å². The van der Waals surface area contributed by atoms with Crippen molar-refractivity contribution in [3.8, 4) is 0 Å². The maximum absolute atomic E-state index is 11.8. The van der Waals surface area contributed by atoms with Crippen molar-refractivity contribution in [1.82, 2.24) is 9.78 Å². The fourth-order valence-corrected chi connectivity index (χ4v) is 2.79. The molecule has 0 unspecified atom stereocenters. The number of aryl methyl sites for hydroxylation is 1. The van der Waals surface area contributed by atoms with Crippen LogP contribution in [0.4, 0.5) is 5.82 Å². The molecule has 0 aliphatic carbocycles. The van der Waals surface area contributed by atoms with Gasteiger partial charge in [0.05, 0.1) is 11.9 Å². The summed E-state index contributed by atoms with van der Waals surface area (Å²) in [6.45, 7) is 4.24. The number of aromatic nitrogens is 2. The number of rotatable bonds is 6. The number of nitrogens with one attached hydrogen (secondary N) is 1. The summed E-state index contributed by atoms with van der Waals surface area (Å²) in [4.78, 5) is 0. The summed E-state index contributed by atoms with van der Waals surface area (Å²) in [6.07, 6.45) is 2.20. The average Bonchev–Trinajstić information content (AvgIpc) is 2.57. The van der Waals surface area contributed by atoms with Gasteiger partial charge in [0.15, 0.2) is 0 Å². The van der Waals surface area contributed by atoms with Crippen LogP contribution in [0.15, 0.2) is 6.20 Å². The second-order valence-electron chi connectivity index (χ2n) is 4.45. The van der Waals surface area contributed by atoms with Crippen molar-refractivity contribution in [2.45, 2.75) is 26.8 Å². The van der Waals surface area contributed by atoms with Gasteiger partial charge in [-0.3, -0.25) is 9.40 Å². The van der Waals surface area contributed by atoms with Gasteiger partial charge in [0.1, 0.15) is 5.82 Å². The zero-order valence-corrected chi connectivity index (χ0v) is 11.3. The van der Waals surface area contributed by atoms with Gasteiger partial charge in [0.2, 0.25) is 10.0 Å². The Morgan fingerprint density at radius 1 is 1.53 bits per heavy atom. The minimum atomic E-state index is -3.32. The van der Waals surface area contributed by atoms with E-state index in [2.05, 4.69) is 9.82 Å². The van der Waals surface area contributed by atoms with Crippen LogP contribution in [0.2, 0.25) is 0 Å². The van der Waals surface area contributed by atoms with Crippen molar-refractivity contribution in [2.75, 3.05) is 10.5 Å². The van der Waals surface area contributed by atoms with Crippen molar-refractivity contribution in [3.63, 3.8) is 0 Å². The molecule has 6 nitrogen and oxygen atoms in total. The third kappa shape index (κ3) is 4.01. The minimum Gasteiger partial charge on any atom is -0.326 e. The van der Waals surface area contributed by atoms with Crippen LogP contribution in [-0.2, 0) is 23.6 Å². The molecule has 0 radical (unpaired) electrons. The van der Waals surface area contributed by atoms with Gasteiger partial charge in [-0.1, -0.05) is 13.8 Å². The molecule has 1 rings (SSSR count). The Morgan fingerprint density at radius 2 is 2.18 bits per heavy atom. The molecule has 0 bridgehead atoms. The minimum absolute atomic E-state index is 0.111. The normalized spacial score (nSPS) is 12.1. The van der Waals surface area contributed by atoms with Crippen LogP contribution in [0.5, 0.6) is 0 Å². The summed E-state index contributed by atoms with van der Waals surface area (Å²) in [5.41, 5.74) is 6.21. The monoisotopic (exact) mass is 260 g/mol. The number of anilines is 1. The van der Waals surface area contributed by atoms with E-state index in [-0.39, 0.29) is 12.3 Å². The summed E-state index contributed by atoms with van der Waals surface area (Å²) >= 11 is 0. The first-order chi connectivity index (χ1) is 7.85. The van der Waals surface area contributed by atoms with E-state index >= 15 is 0 Å². The van der Waals surface area contributed by atoms with E-state index in [9.17, 15) is 8.42 Å². The smallest absolute Gasteiger partial charge is 0.233 e. The molecule has 0 fully saturated rings. The van der Waals surface area contributed by atoms with E-state index in [1.54, 1.807) is 13.2 Å². The summed E-state index contributed by atoms with van der Waals surface area (Å²) in [5, 5.41) is 3.98. The Balaban J connectivity index is 2.79. The molecule has 0 saturated carbocycles. The fourth-order valence-electron chi connectivity index (χ4n) is 1.35. The van der Waals surface area contributed by atoms with E-state index in [0.717, 1.165) is 0 Å². The first-order valence-corrected chi connectivity index (χ1v) is 7.22. The molecule has 0 saturated heterocycles. The number of nitrogens with two attached hydrogens (primary N) is 1. The third-order valence-electron chi connectivity index (χ3n) is 2.45. The number of hydrogen-bond donors (Lipinski definition) is 2. The second kappa shape index (κ2) is 5.50. The van der Waals surface area contributed by atoms with Gasteiger partial charge in [-0.2, -0.15) is 5.10 Å². The summed E-state index contributed by atoms with van der Waals surface area (Å²) in [5.74, 6) is 0.920. The predicted octanol–water partition coefficient (Wildman–Crippen LogP) is 0.667. The lowest BCUT2D eigenvalue weighted by atomic mass is 10.2.